The molecule has 0 bridgehead atoms. The van der Waals surface area contributed by atoms with Gasteiger partial charge in [-0.25, -0.2) is 4.79 Å². The zero-order chi connectivity index (χ0) is 27.0. The van der Waals surface area contributed by atoms with Gasteiger partial charge in [0.2, 0.25) is 0 Å². The van der Waals surface area contributed by atoms with Gasteiger partial charge in [0.1, 0.15) is 28.8 Å². The van der Waals surface area contributed by atoms with E-state index in [9.17, 15) is 22.1 Å². The van der Waals surface area contributed by atoms with Crippen molar-refractivity contribution in [2.75, 3.05) is 0 Å². The maximum absolute atomic E-state index is 13.0. The van der Waals surface area contributed by atoms with E-state index in [0.717, 1.165) is 0 Å². The van der Waals surface area contributed by atoms with E-state index in [0.29, 0.717) is 0 Å². The van der Waals surface area contributed by atoms with Gasteiger partial charge in [-0.3, -0.25) is 5.32 Å². The molecule has 3 nitrogen and oxygen atoms in total. The van der Waals surface area contributed by atoms with Crippen molar-refractivity contribution in [1.29, 1.82) is 0 Å². The highest BCUT2D eigenvalue weighted by Crippen LogP contribution is 2.60. The molecule has 0 spiro atoms. The van der Waals surface area contributed by atoms with E-state index in [1.54, 1.807) is 0 Å². The van der Waals surface area contributed by atoms with Gasteiger partial charge in [0.15, 0.2) is 5.78 Å². The van der Waals surface area contributed by atoms with Gasteiger partial charge < -0.3 is 22.0 Å². The monoisotopic (exact) mass is 521 g/mol. The predicted molar refractivity (Wildman–Crippen MR) is 143 cm³/mol. The zero-order valence-electron chi connectivity index (χ0n) is 21.2. The van der Waals surface area contributed by atoms with Gasteiger partial charge in [0, 0.05) is 5.92 Å². The van der Waals surface area contributed by atoms with Crippen molar-refractivity contribution in [3.05, 3.63) is 91.0 Å². The molecule has 0 aliphatic carbocycles. The lowest BCUT2D eigenvalue weighted by atomic mass is 10.2. The van der Waals surface area contributed by atoms with Crippen molar-refractivity contribution in [1.82, 2.24) is 5.32 Å². The van der Waals surface area contributed by atoms with Crippen molar-refractivity contribution in [3.8, 4) is 0 Å². The number of benzene rings is 3. The molecule has 0 fully saturated rings. The summed E-state index contributed by atoms with van der Waals surface area (Å²) in [6.45, 7) is 10.0. The minimum atomic E-state index is -6.00. The number of rotatable bonds is 6. The van der Waals surface area contributed by atoms with E-state index in [4.69, 9.17) is 4.74 Å². The van der Waals surface area contributed by atoms with Gasteiger partial charge in [-0.15, -0.1) is 0 Å². The number of hydrogen-bond acceptors (Lipinski definition) is 2. The maximum atomic E-state index is 13.0. The van der Waals surface area contributed by atoms with E-state index in [1.165, 1.54) is 15.9 Å². The van der Waals surface area contributed by atoms with Crippen molar-refractivity contribution < 1.29 is 26.8 Å². The Morgan fingerprint density at radius 2 is 1.06 bits per heavy atom. The molecule has 1 atom stereocenters. The molecule has 1 amide bonds. The van der Waals surface area contributed by atoms with Crippen LogP contribution in [0.25, 0.3) is 0 Å². The first-order valence-electron chi connectivity index (χ1n) is 11.7. The summed E-state index contributed by atoms with van der Waals surface area (Å²) in [6.07, 6.45) is -0.377. The Morgan fingerprint density at radius 3 is 1.31 bits per heavy atom. The van der Waals surface area contributed by atoms with Crippen LogP contribution in [0.4, 0.5) is 22.1 Å². The van der Waals surface area contributed by atoms with Crippen LogP contribution in [-0.4, -0.2) is 24.7 Å². The summed E-state index contributed by atoms with van der Waals surface area (Å²) >= 11 is 0. The summed E-state index contributed by atoms with van der Waals surface area (Å²) in [5.41, 5.74) is -0.557. The minimum Gasteiger partial charge on any atom is -0.444 e. The Hall–Kier alpha value is -2.86. The number of amides is 1. The summed E-state index contributed by atoms with van der Waals surface area (Å²) in [5.74, 6) is 0.0519. The number of ether oxygens (including phenoxy) is 1. The summed E-state index contributed by atoms with van der Waals surface area (Å²) < 4.78 is 44.7. The van der Waals surface area contributed by atoms with Crippen LogP contribution < -0.4 is 21.2 Å². The quantitative estimate of drug-likeness (QED) is 0.221. The zero-order valence-corrected chi connectivity index (χ0v) is 22.1. The molecule has 36 heavy (non-hydrogen) atoms. The third-order valence-corrected chi connectivity index (χ3v) is 10.1. The van der Waals surface area contributed by atoms with Gasteiger partial charge in [-0.05, 0) is 57.2 Å². The molecule has 1 N–H and O–H groups in total. The molecular formula is C27H33BF4NO2P. The third-order valence-electron chi connectivity index (χ3n) is 5.20. The minimum absolute atomic E-state index is 0.130. The molecule has 0 heterocycles. The summed E-state index contributed by atoms with van der Waals surface area (Å²) in [7, 11) is -8.25. The predicted octanol–water partition coefficient (Wildman–Crippen LogP) is 6.79. The molecular weight excluding hydrogens is 488 g/mol. The normalized spacial score (nSPS) is 12.8. The molecule has 3 aromatic carbocycles. The molecule has 0 aliphatic heterocycles. The molecule has 0 saturated carbocycles. The van der Waals surface area contributed by atoms with E-state index in [2.05, 4.69) is 92.0 Å². The highest BCUT2D eigenvalue weighted by Gasteiger charge is 2.54. The van der Waals surface area contributed by atoms with Crippen LogP contribution >= 0.6 is 7.26 Å². The summed E-state index contributed by atoms with van der Waals surface area (Å²) in [6, 6.07) is 31.8. The van der Waals surface area contributed by atoms with Gasteiger partial charge >= 0.3 is 13.3 Å². The van der Waals surface area contributed by atoms with Crippen LogP contribution in [0.3, 0.4) is 0 Å². The van der Waals surface area contributed by atoms with Crippen LogP contribution in [0.2, 0.25) is 0 Å². The Kier molecular flexibility index (Phi) is 10.1. The molecule has 3 rings (SSSR count). The smallest absolute Gasteiger partial charge is 0.444 e. The van der Waals surface area contributed by atoms with E-state index >= 15 is 0 Å². The van der Waals surface area contributed by atoms with Crippen LogP contribution in [0, 0.1) is 5.92 Å². The lowest BCUT2D eigenvalue weighted by molar-refractivity contribution is 0.0512. The maximum Gasteiger partial charge on any atom is 0.673 e. The lowest BCUT2D eigenvalue weighted by Crippen LogP contribution is -2.51. The Bertz CT molecular complexity index is 973. The number of carbonyl (C=O) groups excluding carboxylic acids is 1. The van der Waals surface area contributed by atoms with Crippen molar-refractivity contribution >= 4 is 36.5 Å². The van der Waals surface area contributed by atoms with Gasteiger partial charge in [0.05, 0.1) is 0 Å². The van der Waals surface area contributed by atoms with Crippen LogP contribution in [0.5, 0.6) is 0 Å². The van der Waals surface area contributed by atoms with E-state index < -0.39 is 20.1 Å². The van der Waals surface area contributed by atoms with E-state index in [-0.39, 0.29) is 17.8 Å². The fourth-order valence-corrected chi connectivity index (χ4v) is 9.04. The number of halogens is 4. The Balaban J connectivity index is 0.000000830. The average Bonchev–Trinajstić information content (AvgIpc) is 2.79. The van der Waals surface area contributed by atoms with Crippen LogP contribution in [-0.2, 0) is 4.74 Å². The second-order valence-electron chi connectivity index (χ2n) is 9.56. The van der Waals surface area contributed by atoms with E-state index in [1.807, 2.05) is 39.0 Å². The van der Waals surface area contributed by atoms with Gasteiger partial charge in [0.25, 0.3) is 0 Å². The topological polar surface area (TPSA) is 38.3 Å². The molecule has 9 heteroatoms. The molecule has 194 valence electrons. The fraction of sp³-hybridized carbons (Fsp3) is 0.296. The molecule has 3 aromatic rings. The number of alkyl carbamates (subject to hydrolysis) is 1. The number of nitrogens with one attached hydrogen (secondary N) is 1. The lowest BCUT2D eigenvalue weighted by Gasteiger charge is -2.37. The van der Waals surface area contributed by atoms with Crippen molar-refractivity contribution in [3.63, 3.8) is 0 Å². The molecule has 0 aromatic heterocycles. The average molecular weight is 521 g/mol. The first-order chi connectivity index (χ1) is 16.7. The number of carbonyl (C=O) groups is 1. The molecule has 0 saturated heterocycles. The largest absolute Gasteiger partial charge is 0.673 e. The van der Waals surface area contributed by atoms with Crippen LogP contribution in [0.1, 0.15) is 34.6 Å². The second-order valence-corrected chi connectivity index (χ2v) is 13.1. The standard InChI is InChI=1S/C27H32NO2P.BF4/c1-21(2)25(28-26(29)30-27(3,4)5)31(22-15-9-6-10-16-22,23-17-11-7-12-18-23)24-19-13-8-14-20-24;2-1(3,4)5/h6-21,25H,1-5H3;/q;-1/p+1/t25-;/m0./s1. The third kappa shape index (κ3) is 8.37. The first-order valence-corrected chi connectivity index (χ1v) is 13.5. The second kappa shape index (κ2) is 12.4. The summed E-state index contributed by atoms with van der Waals surface area (Å²) in [5, 5.41) is 7.01. The molecule has 0 unspecified atom stereocenters. The van der Waals surface area contributed by atoms with Gasteiger partial charge in [-0.2, -0.15) is 0 Å². The number of hydrogen-bond donors (Lipinski definition) is 1. The summed E-state index contributed by atoms with van der Waals surface area (Å²) in [4.78, 5) is 13.0. The van der Waals surface area contributed by atoms with Crippen molar-refractivity contribution in [2.24, 2.45) is 5.92 Å². The first kappa shape index (κ1) is 29.4. The molecule has 0 radical (unpaired) electrons. The molecule has 0 aliphatic rings. The van der Waals surface area contributed by atoms with Gasteiger partial charge in [-0.1, -0.05) is 68.4 Å². The Morgan fingerprint density at radius 1 is 0.750 bits per heavy atom. The SMILES string of the molecule is CC(C)[C@@H](NC(=O)OC(C)(C)C)[P+](c1ccccc1)(c1ccccc1)c1ccccc1.F[B-](F)(F)F. The fourth-order valence-electron chi connectivity index (χ4n) is 4.06. The van der Waals surface area contributed by atoms with Crippen molar-refractivity contribution in [2.45, 2.75) is 46.0 Å². The Labute approximate surface area is 211 Å². The highest BCUT2D eigenvalue weighted by molar-refractivity contribution is 7.96. The van der Waals surface area contributed by atoms with Crippen LogP contribution in [0.15, 0.2) is 91.0 Å². The highest BCUT2D eigenvalue weighted by atomic mass is 31.2.